The van der Waals surface area contributed by atoms with Crippen molar-refractivity contribution >= 4 is 11.6 Å². The van der Waals surface area contributed by atoms with Crippen LogP contribution in [0.5, 0.6) is 11.5 Å². The van der Waals surface area contributed by atoms with Crippen molar-refractivity contribution in [3.05, 3.63) is 82.0 Å². The van der Waals surface area contributed by atoms with E-state index in [4.69, 9.17) is 4.74 Å². The first kappa shape index (κ1) is 21.9. The number of carbonyl (C=O) groups excluding carboxylic acids is 1. The van der Waals surface area contributed by atoms with Crippen molar-refractivity contribution in [2.75, 3.05) is 5.32 Å². The van der Waals surface area contributed by atoms with Crippen LogP contribution in [-0.4, -0.2) is 15.9 Å². The summed E-state index contributed by atoms with van der Waals surface area (Å²) in [6.45, 7) is 0. The van der Waals surface area contributed by atoms with Gasteiger partial charge >= 0.3 is 12.4 Å². The second-order valence-electron chi connectivity index (χ2n) is 6.08. The fourth-order valence-electron chi connectivity index (χ4n) is 2.39. The summed E-state index contributed by atoms with van der Waals surface area (Å²) in [6, 6.07) is 5.88. The fraction of sp³-hybridized carbons (Fsp3) is 0.105. The van der Waals surface area contributed by atoms with Gasteiger partial charge in [0.1, 0.15) is 17.2 Å². The van der Waals surface area contributed by atoms with E-state index in [9.17, 15) is 35.9 Å². The average Bonchev–Trinajstić information content (AvgIpc) is 2.68. The van der Waals surface area contributed by atoms with Gasteiger partial charge in [-0.25, -0.2) is 4.98 Å². The van der Waals surface area contributed by atoms with Crippen LogP contribution >= 0.6 is 0 Å². The lowest BCUT2D eigenvalue weighted by Crippen LogP contribution is -2.15. The van der Waals surface area contributed by atoms with Gasteiger partial charge in [-0.05, 0) is 36.4 Å². The van der Waals surface area contributed by atoms with Crippen molar-refractivity contribution in [3.63, 3.8) is 0 Å². The van der Waals surface area contributed by atoms with Crippen LogP contribution in [0.3, 0.4) is 0 Å². The van der Waals surface area contributed by atoms with Crippen molar-refractivity contribution in [2.24, 2.45) is 0 Å². The van der Waals surface area contributed by atoms with Crippen LogP contribution in [0.25, 0.3) is 0 Å². The van der Waals surface area contributed by atoms with E-state index in [0.717, 1.165) is 18.2 Å². The molecule has 0 spiro atoms. The Hall–Kier alpha value is -3.83. The molecule has 0 bridgehead atoms. The summed E-state index contributed by atoms with van der Waals surface area (Å²) in [6.07, 6.45) is -7.63. The zero-order chi connectivity index (χ0) is 22.8. The summed E-state index contributed by atoms with van der Waals surface area (Å²) in [5.74, 6) is -1.75. The molecular formula is C19H11F6N3O3. The van der Waals surface area contributed by atoms with Gasteiger partial charge in [-0.15, -0.1) is 0 Å². The highest BCUT2D eigenvalue weighted by molar-refractivity contribution is 6.06. The number of hydrogen-bond donors (Lipinski definition) is 2. The number of anilines is 1. The Morgan fingerprint density at radius 2 is 1.71 bits per heavy atom. The monoisotopic (exact) mass is 443 g/mol. The molecule has 31 heavy (non-hydrogen) atoms. The molecular weight excluding hydrogens is 432 g/mol. The van der Waals surface area contributed by atoms with Gasteiger partial charge in [-0.1, -0.05) is 0 Å². The van der Waals surface area contributed by atoms with Crippen molar-refractivity contribution in [1.29, 1.82) is 0 Å². The number of pyridine rings is 2. The zero-order valence-corrected chi connectivity index (χ0v) is 15.1. The molecule has 0 aliphatic rings. The first-order valence-corrected chi connectivity index (χ1v) is 8.36. The first-order valence-electron chi connectivity index (χ1n) is 8.36. The SMILES string of the molecule is O=C(Nc1ccc(=O)[nH]c1)c1ccc(C(F)(F)F)cc1Oc1ccc(C(F)(F)F)nc1. The lowest BCUT2D eigenvalue weighted by atomic mass is 10.1. The minimum atomic E-state index is -4.76. The van der Waals surface area contributed by atoms with E-state index in [1.807, 2.05) is 0 Å². The van der Waals surface area contributed by atoms with Gasteiger partial charge in [0.25, 0.3) is 5.91 Å². The van der Waals surface area contributed by atoms with Crippen LogP contribution < -0.4 is 15.6 Å². The van der Waals surface area contributed by atoms with Gasteiger partial charge in [-0.2, -0.15) is 26.3 Å². The Morgan fingerprint density at radius 3 is 2.26 bits per heavy atom. The van der Waals surface area contributed by atoms with E-state index in [0.29, 0.717) is 24.4 Å². The Morgan fingerprint density at radius 1 is 0.968 bits per heavy atom. The summed E-state index contributed by atoms with van der Waals surface area (Å²) in [7, 11) is 0. The Balaban J connectivity index is 1.94. The number of nitrogens with zero attached hydrogens (tertiary/aromatic N) is 1. The van der Waals surface area contributed by atoms with Crippen molar-refractivity contribution in [1.82, 2.24) is 9.97 Å². The number of amides is 1. The molecule has 0 aliphatic carbocycles. The van der Waals surface area contributed by atoms with Crippen LogP contribution in [0.4, 0.5) is 32.0 Å². The summed E-state index contributed by atoms with van der Waals surface area (Å²) in [5.41, 5.74) is -2.99. The molecule has 1 amide bonds. The molecule has 2 N–H and O–H groups in total. The molecule has 0 fully saturated rings. The van der Waals surface area contributed by atoms with Crippen LogP contribution in [0.2, 0.25) is 0 Å². The molecule has 2 heterocycles. The second kappa shape index (κ2) is 8.13. The summed E-state index contributed by atoms with van der Waals surface area (Å²) in [4.78, 5) is 29.1. The van der Waals surface area contributed by atoms with Gasteiger partial charge in [0.15, 0.2) is 0 Å². The third kappa shape index (κ3) is 5.41. The predicted octanol–water partition coefficient (Wildman–Crippen LogP) is 4.85. The Labute approximate surface area is 169 Å². The van der Waals surface area contributed by atoms with Crippen LogP contribution in [0.1, 0.15) is 21.6 Å². The highest BCUT2D eigenvalue weighted by Crippen LogP contribution is 2.35. The van der Waals surface area contributed by atoms with Crippen LogP contribution in [0, 0.1) is 0 Å². The van der Waals surface area contributed by atoms with E-state index in [1.54, 1.807) is 0 Å². The molecule has 6 nitrogen and oxygen atoms in total. The number of H-pyrrole nitrogens is 1. The number of ether oxygens (including phenoxy) is 1. The maximum atomic E-state index is 13.1. The molecule has 1 aromatic carbocycles. The third-order valence-corrected chi connectivity index (χ3v) is 3.85. The molecule has 162 valence electrons. The number of hydrogen-bond acceptors (Lipinski definition) is 4. The summed E-state index contributed by atoms with van der Waals surface area (Å²) >= 11 is 0. The molecule has 3 rings (SSSR count). The highest BCUT2D eigenvalue weighted by atomic mass is 19.4. The number of alkyl halides is 6. The van der Waals surface area contributed by atoms with Crippen molar-refractivity contribution < 1.29 is 35.9 Å². The van der Waals surface area contributed by atoms with E-state index >= 15 is 0 Å². The van der Waals surface area contributed by atoms with Gasteiger partial charge in [0, 0.05) is 12.3 Å². The van der Waals surface area contributed by atoms with Gasteiger partial charge in [0.2, 0.25) is 5.56 Å². The number of halogens is 6. The van der Waals surface area contributed by atoms with Crippen molar-refractivity contribution in [2.45, 2.75) is 12.4 Å². The lowest BCUT2D eigenvalue weighted by molar-refractivity contribution is -0.141. The largest absolute Gasteiger partial charge is 0.455 e. The average molecular weight is 443 g/mol. The standard InChI is InChI=1S/C19H11F6N3O3/c20-18(21,22)10-1-4-13(17(30)28-11-2-6-16(29)27-8-11)14(7-10)31-12-3-5-15(26-9-12)19(23,24)25/h1-9H,(H,27,29)(H,28,30). The number of carbonyl (C=O) groups is 1. The third-order valence-electron chi connectivity index (χ3n) is 3.85. The second-order valence-corrected chi connectivity index (χ2v) is 6.08. The van der Waals surface area contributed by atoms with E-state index in [-0.39, 0.29) is 17.0 Å². The summed E-state index contributed by atoms with van der Waals surface area (Å²) in [5, 5.41) is 2.36. The maximum absolute atomic E-state index is 13.1. The van der Waals surface area contributed by atoms with Gasteiger partial charge in [0.05, 0.1) is 23.0 Å². The molecule has 0 saturated heterocycles. The van der Waals surface area contributed by atoms with Crippen LogP contribution in [-0.2, 0) is 12.4 Å². The Bertz CT molecular complexity index is 1130. The first-order chi connectivity index (χ1) is 14.4. The predicted molar refractivity (Wildman–Crippen MR) is 95.8 cm³/mol. The number of benzene rings is 1. The minimum Gasteiger partial charge on any atom is -0.455 e. The molecule has 0 unspecified atom stereocenters. The number of aromatic nitrogens is 2. The molecule has 0 saturated carbocycles. The molecule has 0 aliphatic heterocycles. The molecule has 3 aromatic rings. The highest BCUT2D eigenvalue weighted by Gasteiger charge is 2.33. The number of aromatic amines is 1. The van der Waals surface area contributed by atoms with Crippen LogP contribution in [0.15, 0.2) is 59.7 Å². The van der Waals surface area contributed by atoms with Crippen molar-refractivity contribution in [3.8, 4) is 11.5 Å². The maximum Gasteiger partial charge on any atom is 0.433 e. The molecule has 0 atom stereocenters. The number of rotatable bonds is 4. The Kier molecular flexibility index (Phi) is 5.73. The topological polar surface area (TPSA) is 84.1 Å². The summed E-state index contributed by atoms with van der Waals surface area (Å²) < 4.78 is 82.4. The lowest BCUT2D eigenvalue weighted by Gasteiger charge is -2.15. The molecule has 12 heteroatoms. The zero-order valence-electron chi connectivity index (χ0n) is 15.1. The fourth-order valence-corrected chi connectivity index (χ4v) is 2.39. The van der Waals surface area contributed by atoms with Gasteiger partial charge < -0.3 is 15.0 Å². The quantitative estimate of drug-likeness (QED) is 0.565. The van der Waals surface area contributed by atoms with Gasteiger partial charge in [-0.3, -0.25) is 9.59 Å². The minimum absolute atomic E-state index is 0.145. The van der Waals surface area contributed by atoms with E-state index in [2.05, 4.69) is 15.3 Å². The van der Waals surface area contributed by atoms with E-state index < -0.39 is 40.8 Å². The molecule has 0 radical (unpaired) electrons. The normalized spacial score (nSPS) is 11.8. The molecule has 2 aromatic heterocycles. The van der Waals surface area contributed by atoms with E-state index in [1.165, 1.54) is 12.3 Å². The number of nitrogens with one attached hydrogen (secondary N) is 2. The smallest absolute Gasteiger partial charge is 0.433 e.